The van der Waals surface area contributed by atoms with Crippen molar-refractivity contribution in [2.24, 2.45) is 0 Å². The second-order valence-electron chi connectivity index (χ2n) is 7.90. The monoisotopic (exact) mass is 513 g/mol. The Morgan fingerprint density at radius 2 is 1.97 bits per heavy atom. The second-order valence-corrected chi connectivity index (χ2v) is 8.81. The smallest absolute Gasteiger partial charge is 0.165 e. The number of methoxy groups -OCH3 is 1. The fraction of sp³-hybridized carbons (Fsp3) is 0.143. The number of fused-ring (bicyclic) bond motifs is 1. The van der Waals surface area contributed by atoms with Gasteiger partial charge < -0.3 is 14.5 Å². The molecule has 0 bridgehead atoms. The number of hydrogen-bond donors (Lipinski definition) is 1. The molecule has 0 aliphatic rings. The molecule has 4 rings (SSSR count). The average molecular weight is 514 g/mol. The number of H-pyrrole nitrogens is 1. The van der Waals surface area contributed by atoms with Gasteiger partial charge in [-0.1, -0.05) is 40.2 Å². The third-order valence-corrected chi connectivity index (χ3v) is 5.89. The summed E-state index contributed by atoms with van der Waals surface area (Å²) < 4.78 is 12.8. The number of benzene rings is 3. The van der Waals surface area contributed by atoms with E-state index in [0.29, 0.717) is 35.9 Å². The lowest BCUT2D eigenvalue weighted by Crippen LogP contribution is -2.02. The number of aromatic amines is 1. The number of nitriles is 1. The van der Waals surface area contributed by atoms with Gasteiger partial charge in [-0.25, -0.2) is 4.98 Å². The van der Waals surface area contributed by atoms with Crippen LogP contribution in [0.25, 0.3) is 22.7 Å². The molecule has 6 heteroatoms. The number of nitrogens with one attached hydrogen (secondary N) is 1. The van der Waals surface area contributed by atoms with Gasteiger partial charge in [0.1, 0.15) is 18.5 Å². The molecule has 1 aromatic heterocycles. The van der Waals surface area contributed by atoms with E-state index in [-0.39, 0.29) is 0 Å². The lowest BCUT2D eigenvalue weighted by Gasteiger charge is -2.16. The zero-order valence-electron chi connectivity index (χ0n) is 19.1. The standard InChI is InChI=1S/C28H24BrN3O2/c1-4-5-21-13-20(14-22(16-30)28-31-24-11-6-18(2)12-25(24)32-28)15-26(33-3)27(21)34-17-19-7-9-23(29)10-8-19/h4,6-15H,1,5,17H2,2-3H3,(H,31,32)/b22-14-. The molecule has 170 valence electrons. The van der Waals surface area contributed by atoms with Crippen molar-refractivity contribution in [3.05, 3.63) is 99.8 Å². The zero-order valence-corrected chi connectivity index (χ0v) is 20.6. The molecule has 0 saturated heterocycles. The van der Waals surface area contributed by atoms with E-state index in [4.69, 9.17) is 9.47 Å². The zero-order chi connectivity index (χ0) is 24.1. The maximum Gasteiger partial charge on any atom is 0.165 e. The van der Waals surface area contributed by atoms with Gasteiger partial charge in [0.15, 0.2) is 11.5 Å². The van der Waals surface area contributed by atoms with Crippen molar-refractivity contribution in [3.63, 3.8) is 0 Å². The number of aryl methyl sites for hydroxylation is 1. The van der Waals surface area contributed by atoms with Crippen molar-refractivity contribution in [2.45, 2.75) is 20.0 Å². The van der Waals surface area contributed by atoms with Crippen LogP contribution in [0.15, 0.2) is 71.7 Å². The summed E-state index contributed by atoms with van der Waals surface area (Å²) in [5.74, 6) is 1.79. The third kappa shape index (κ3) is 5.22. The SMILES string of the molecule is C=CCc1cc(/C=C(/C#N)c2nc3ccc(C)cc3[nH]2)cc(OC)c1OCc1ccc(Br)cc1. The molecule has 0 saturated carbocycles. The van der Waals surface area contributed by atoms with Crippen molar-refractivity contribution in [1.29, 1.82) is 5.26 Å². The average Bonchev–Trinajstić information content (AvgIpc) is 3.25. The first-order chi connectivity index (χ1) is 16.5. The number of imidazole rings is 1. The van der Waals surface area contributed by atoms with Crippen LogP contribution in [0.1, 0.15) is 28.1 Å². The van der Waals surface area contributed by atoms with Gasteiger partial charge in [0.05, 0.1) is 23.7 Å². The molecule has 0 amide bonds. The van der Waals surface area contributed by atoms with E-state index >= 15 is 0 Å². The Morgan fingerprint density at radius 3 is 2.68 bits per heavy atom. The number of rotatable bonds is 8. The Kier molecular flexibility index (Phi) is 7.15. The van der Waals surface area contributed by atoms with Gasteiger partial charge in [0, 0.05) is 10.0 Å². The maximum atomic E-state index is 9.85. The molecule has 3 aromatic carbocycles. The number of ether oxygens (including phenoxy) is 2. The van der Waals surface area contributed by atoms with Crippen molar-refractivity contribution >= 4 is 38.6 Å². The van der Waals surface area contributed by atoms with Gasteiger partial charge in [-0.05, 0) is 72.5 Å². The first-order valence-electron chi connectivity index (χ1n) is 10.8. The van der Waals surface area contributed by atoms with Crippen LogP contribution >= 0.6 is 15.9 Å². The van der Waals surface area contributed by atoms with E-state index in [9.17, 15) is 5.26 Å². The minimum absolute atomic E-state index is 0.408. The second kappa shape index (κ2) is 10.4. The highest BCUT2D eigenvalue weighted by Gasteiger charge is 2.14. The van der Waals surface area contributed by atoms with Crippen molar-refractivity contribution in [1.82, 2.24) is 9.97 Å². The minimum Gasteiger partial charge on any atom is -0.493 e. The quantitative estimate of drug-likeness (QED) is 0.203. The highest BCUT2D eigenvalue weighted by molar-refractivity contribution is 9.10. The lowest BCUT2D eigenvalue weighted by atomic mass is 10.0. The van der Waals surface area contributed by atoms with E-state index in [1.54, 1.807) is 13.2 Å². The van der Waals surface area contributed by atoms with Gasteiger partial charge >= 0.3 is 0 Å². The highest BCUT2D eigenvalue weighted by Crippen LogP contribution is 2.35. The first-order valence-corrected chi connectivity index (χ1v) is 11.6. The summed E-state index contributed by atoms with van der Waals surface area (Å²) in [5, 5.41) is 9.85. The van der Waals surface area contributed by atoms with Crippen LogP contribution in [-0.2, 0) is 13.0 Å². The normalized spacial score (nSPS) is 11.3. The van der Waals surface area contributed by atoms with Crippen LogP contribution in [0.3, 0.4) is 0 Å². The molecule has 1 N–H and O–H groups in total. The molecule has 0 atom stereocenters. The molecule has 0 radical (unpaired) electrons. The summed E-state index contributed by atoms with van der Waals surface area (Å²) in [6, 6.07) is 20.1. The van der Waals surface area contributed by atoms with E-state index in [1.165, 1.54) is 0 Å². The summed E-state index contributed by atoms with van der Waals surface area (Å²) >= 11 is 3.45. The van der Waals surface area contributed by atoms with Crippen LogP contribution in [0.5, 0.6) is 11.5 Å². The molecule has 1 heterocycles. The molecule has 4 aromatic rings. The van der Waals surface area contributed by atoms with Crippen molar-refractivity contribution < 1.29 is 9.47 Å². The molecule has 0 aliphatic carbocycles. The van der Waals surface area contributed by atoms with Gasteiger partial charge in [0.25, 0.3) is 0 Å². The van der Waals surface area contributed by atoms with E-state index < -0.39 is 0 Å². The number of allylic oxidation sites excluding steroid dienone is 2. The molecule has 0 aliphatic heterocycles. The molecule has 0 fully saturated rings. The minimum atomic E-state index is 0.408. The van der Waals surface area contributed by atoms with Crippen molar-refractivity contribution in [2.75, 3.05) is 7.11 Å². The predicted molar refractivity (Wildman–Crippen MR) is 140 cm³/mol. The van der Waals surface area contributed by atoms with Gasteiger partial charge in [0.2, 0.25) is 0 Å². The predicted octanol–water partition coefficient (Wildman–Crippen LogP) is 7.01. The molecular formula is C28H24BrN3O2. The molecule has 0 spiro atoms. The number of hydrogen-bond acceptors (Lipinski definition) is 4. The Morgan fingerprint density at radius 1 is 1.18 bits per heavy atom. The summed E-state index contributed by atoms with van der Waals surface area (Å²) in [7, 11) is 1.61. The van der Waals surface area contributed by atoms with Crippen LogP contribution < -0.4 is 9.47 Å². The van der Waals surface area contributed by atoms with Gasteiger partial charge in [-0.15, -0.1) is 6.58 Å². The van der Waals surface area contributed by atoms with E-state index in [0.717, 1.165) is 37.8 Å². The summed E-state index contributed by atoms with van der Waals surface area (Å²) in [4.78, 5) is 7.84. The molecule has 34 heavy (non-hydrogen) atoms. The Bertz CT molecular complexity index is 1410. The number of aromatic nitrogens is 2. The van der Waals surface area contributed by atoms with E-state index in [1.807, 2.05) is 67.6 Å². The van der Waals surface area contributed by atoms with E-state index in [2.05, 4.69) is 38.5 Å². The Balaban J connectivity index is 1.69. The molecule has 0 unspecified atom stereocenters. The van der Waals surface area contributed by atoms with Crippen molar-refractivity contribution in [3.8, 4) is 17.6 Å². The third-order valence-electron chi connectivity index (χ3n) is 5.36. The van der Waals surface area contributed by atoms with Crippen LogP contribution in [0.2, 0.25) is 0 Å². The van der Waals surface area contributed by atoms with Crippen LogP contribution in [0, 0.1) is 18.3 Å². The maximum absolute atomic E-state index is 9.85. The first kappa shape index (κ1) is 23.3. The number of halogens is 1. The molecule has 5 nitrogen and oxygen atoms in total. The number of nitrogens with zero attached hydrogens (tertiary/aromatic N) is 2. The fourth-order valence-electron chi connectivity index (χ4n) is 3.70. The summed E-state index contributed by atoms with van der Waals surface area (Å²) in [6.07, 6.45) is 4.22. The largest absolute Gasteiger partial charge is 0.493 e. The van der Waals surface area contributed by atoms with Gasteiger partial charge in [-0.3, -0.25) is 0 Å². The topological polar surface area (TPSA) is 70.9 Å². The fourth-order valence-corrected chi connectivity index (χ4v) is 3.96. The van der Waals surface area contributed by atoms with Crippen LogP contribution in [-0.4, -0.2) is 17.1 Å². The molecular weight excluding hydrogens is 490 g/mol. The lowest BCUT2D eigenvalue weighted by molar-refractivity contribution is 0.282. The van der Waals surface area contributed by atoms with Gasteiger partial charge in [-0.2, -0.15) is 5.26 Å². The summed E-state index contributed by atoms with van der Waals surface area (Å²) in [6.45, 7) is 6.31. The highest BCUT2D eigenvalue weighted by atomic mass is 79.9. The summed E-state index contributed by atoms with van der Waals surface area (Å²) in [5.41, 5.74) is 6.08. The Labute approximate surface area is 207 Å². The van der Waals surface area contributed by atoms with Crippen LogP contribution in [0.4, 0.5) is 0 Å². The Hall–Kier alpha value is -3.82.